The van der Waals surface area contributed by atoms with Crippen LogP contribution < -0.4 is 5.73 Å². The highest BCUT2D eigenvalue weighted by Crippen LogP contribution is 2.25. The minimum absolute atomic E-state index is 0.174. The molecule has 1 heterocycles. The van der Waals surface area contributed by atoms with Crippen molar-refractivity contribution in [3.63, 3.8) is 0 Å². The number of carbonyl (C=O) groups excluding carboxylic acids is 1. The van der Waals surface area contributed by atoms with E-state index in [1.165, 1.54) is 19.6 Å². The van der Waals surface area contributed by atoms with Crippen molar-refractivity contribution in [2.45, 2.75) is 6.92 Å². The molecule has 92 valence electrons. The zero-order chi connectivity index (χ0) is 12.8. The normalized spacial score (nSPS) is 10.5. The van der Waals surface area contributed by atoms with Crippen LogP contribution in [0.15, 0.2) is 12.5 Å². The SMILES string of the molecule is CCO/C=C/c1c(Cl)ncc(C(=O)OC)c1N. The number of hydrogen-bond donors (Lipinski definition) is 1. The number of anilines is 1. The maximum atomic E-state index is 11.4. The zero-order valence-corrected chi connectivity index (χ0v) is 10.3. The highest BCUT2D eigenvalue weighted by atomic mass is 35.5. The van der Waals surface area contributed by atoms with Crippen LogP contribution in [0.25, 0.3) is 6.08 Å². The lowest BCUT2D eigenvalue weighted by Crippen LogP contribution is -2.08. The molecule has 0 aliphatic rings. The Morgan fingerprint density at radius 2 is 2.35 bits per heavy atom. The Balaban J connectivity index is 3.15. The molecule has 0 atom stereocenters. The number of halogens is 1. The maximum absolute atomic E-state index is 11.4. The van der Waals surface area contributed by atoms with Crippen LogP contribution in [0.5, 0.6) is 0 Å². The predicted octanol–water partition coefficient (Wildman–Crippen LogP) is 2.11. The van der Waals surface area contributed by atoms with E-state index in [1.807, 2.05) is 6.92 Å². The molecule has 0 aromatic carbocycles. The number of rotatable bonds is 4. The van der Waals surface area contributed by atoms with Crippen molar-refractivity contribution in [1.82, 2.24) is 4.98 Å². The van der Waals surface area contributed by atoms with E-state index in [4.69, 9.17) is 22.1 Å². The summed E-state index contributed by atoms with van der Waals surface area (Å²) in [4.78, 5) is 15.3. The number of aromatic nitrogens is 1. The second-order valence-electron chi connectivity index (χ2n) is 3.04. The Morgan fingerprint density at radius 3 is 2.94 bits per heavy atom. The fraction of sp³-hybridized carbons (Fsp3) is 0.273. The third-order valence-corrected chi connectivity index (χ3v) is 2.31. The monoisotopic (exact) mass is 256 g/mol. The molecule has 0 saturated heterocycles. The smallest absolute Gasteiger partial charge is 0.341 e. The van der Waals surface area contributed by atoms with Crippen LogP contribution in [0.1, 0.15) is 22.8 Å². The average Bonchev–Trinajstić information content (AvgIpc) is 2.32. The average molecular weight is 257 g/mol. The van der Waals surface area contributed by atoms with E-state index in [0.29, 0.717) is 12.2 Å². The number of pyridine rings is 1. The van der Waals surface area contributed by atoms with E-state index in [2.05, 4.69) is 9.72 Å². The van der Waals surface area contributed by atoms with Crippen molar-refractivity contribution < 1.29 is 14.3 Å². The van der Waals surface area contributed by atoms with Crippen LogP contribution in [0, 0.1) is 0 Å². The van der Waals surface area contributed by atoms with Crippen LogP contribution >= 0.6 is 11.6 Å². The van der Waals surface area contributed by atoms with E-state index in [1.54, 1.807) is 6.08 Å². The van der Waals surface area contributed by atoms with E-state index >= 15 is 0 Å². The molecule has 6 heteroatoms. The summed E-state index contributed by atoms with van der Waals surface area (Å²) in [5.74, 6) is -0.558. The number of methoxy groups -OCH3 is 1. The summed E-state index contributed by atoms with van der Waals surface area (Å²) in [6.45, 7) is 2.37. The molecule has 0 radical (unpaired) electrons. The maximum Gasteiger partial charge on any atom is 0.341 e. The quantitative estimate of drug-likeness (QED) is 0.507. The summed E-state index contributed by atoms with van der Waals surface area (Å²) in [6.07, 6.45) is 4.28. The molecule has 0 spiro atoms. The van der Waals surface area contributed by atoms with Crippen molar-refractivity contribution in [2.75, 3.05) is 19.5 Å². The van der Waals surface area contributed by atoms with Crippen molar-refractivity contribution >= 4 is 29.3 Å². The van der Waals surface area contributed by atoms with Crippen LogP contribution in [0.4, 0.5) is 5.69 Å². The van der Waals surface area contributed by atoms with Gasteiger partial charge in [0, 0.05) is 11.8 Å². The van der Waals surface area contributed by atoms with Crippen molar-refractivity contribution in [3.8, 4) is 0 Å². The molecule has 0 aliphatic carbocycles. The summed E-state index contributed by atoms with van der Waals surface area (Å²) in [6, 6.07) is 0. The van der Waals surface area contributed by atoms with Gasteiger partial charge in [-0.1, -0.05) is 11.6 Å². The van der Waals surface area contributed by atoms with Crippen molar-refractivity contribution in [2.24, 2.45) is 0 Å². The lowest BCUT2D eigenvalue weighted by Gasteiger charge is -2.07. The topological polar surface area (TPSA) is 74.4 Å². The molecule has 0 unspecified atom stereocenters. The van der Waals surface area contributed by atoms with Crippen LogP contribution in [0.3, 0.4) is 0 Å². The van der Waals surface area contributed by atoms with Gasteiger partial charge in [0.2, 0.25) is 0 Å². The van der Waals surface area contributed by atoms with Gasteiger partial charge in [0.05, 0.1) is 25.7 Å². The molecule has 0 amide bonds. The molecule has 5 nitrogen and oxygen atoms in total. The Morgan fingerprint density at radius 1 is 1.65 bits per heavy atom. The number of nitrogens with zero attached hydrogens (tertiary/aromatic N) is 1. The van der Waals surface area contributed by atoms with Gasteiger partial charge in [-0.25, -0.2) is 9.78 Å². The second-order valence-corrected chi connectivity index (χ2v) is 3.40. The molecule has 0 bridgehead atoms. The van der Waals surface area contributed by atoms with E-state index < -0.39 is 5.97 Å². The Hall–Kier alpha value is -1.75. The molecule has 1 aromatic heterocycles. The Labute approximate surface area is 104 Å². The lowest BCUT2D eigenvalue weighted by molar-refractivity contribution is 0.0601. The summed E-state index contributed by atoms with van der Waals surface area (Å²) in [5, 5.41) is 0.200. The number of carbonyl (C=O) groups is 1. The number of nitrogen functional groups attached to an aromatic ring is 1. The summed E-state index contributed by atoms with van der Waals surface area (Å²) < 4.78 is 9.62. The van der Waals surface area contributed by atoms with E-state index in [0.717, 1.165) is 0 Å². The molecule has 0 fully saturated rings. The minimum atomic E-state index is -0.558. The molecule has 1 aromatic rings. The molecule has 1 rings (SSSR count). The van der Waals surface area contributed by atoms with E-state index in [9.17, 15) is 4.79 Å². The third kappa shape index (κ3) is 3.10. The first-order valence-corrected chi connectivity index (χ1v) is 5.30. The van der Waals surface area contributed by atoms with E-state index in [-0.39, 0.29) is 16.4 Å². The molecule has 0 saturated carbocycles. The van der Waals surface area contributed by atoms with Gasteiger partial charge >= 0.3 is 5.97 Å². The molecule has 2 N–H and O–H groups in total. The van der Waals surface area contributed by atoms with Crippen LogP contribution in [-0.4, -0.2) is 24.7 Å². The fourth-order valence-electron chi connectivity index (χ4n) is 1.16. The van der Waals surface area contributed by atoms with Gasteiger partial charge < -0.3 is 15.2 Å². The number of ether oxygens (including phenoxy) is 2. The molecule has 17 heavy (non-hydrogen) atoms. The van der Waals surface area contributed by atoms with Gasteiger partial charge in [0.25, 0.3) is 0 Å². The third-order valence-electron chi connectivity index (χ3n) is 2.01. The standard InChI is InChI=1S/C11H13ClN2O3/c1-3-17-5-4-7-9(13)8(11(15)16-2)6-14-10(7)12/h4-6H,3H2,1-2H3,(H2,13,14)/b5-4+. The minimum Gasteiger partial charge on any atom is -0.501 e. The predicted molar refractivity (Wildman–Crippen MR) is 65.7 cm³/mol. The van der Waals surface area contributed by atoms with Gasteiger partial charge in [0.15, 0.2) is 0 Å². The first kappa shape index (κ1) is 13.3. The number of hydrogen-bond acceptors (Lipinski definition) is 5. The van der Waals surface area contributed by atoms with Crippen LogP contribution in [0.2, 0.25) is 5.15 Å². The molecular formula is C11H13ClN2O3. The van der Waals surface area contributed by atoms with Crippen molar-refractivity contribution in [3.05, 3.63) is 28.7 Å². The molecular weight excluding hydrogens is 244 g/mol. The van der Waals surface area contributed by atoms with Gasteiger partial charge in [0.1, 0.15) is 10.7 Å². The highest BCUT2D eigenvalue weighted by Gasteiger charge is 2.15. The lowest BCUT2D eigenvalue weighted by atomic mass is 10.1. The summed E-state index contributed by atoms with van der Waals surface area (Å²) in [7, 11) is 1.27. The Bertz CT molecular complexity index is 447. The van der Waals surface area contributed by atoms with Crippen molar-refractivity contribution in [1.29, 1.82) is 0 Å². The van der Waals surface area contributed by atoms with Gasteiger partial charge in [-0.2, -0.15) is 0 Å². The largest absolute Gasteiger partial charge is 0.501 e. The summed E-state index contributed by atoms with van der Waals surface area (Å²) >= 11 is 5.88. The Kier molecular flexibility index (Phi) is 4.78. The fourth-order valence-corrected chi connectivity index (χ4v) is 1.37. The first-order chi connectivity index (χ1) is 8.11. The molecule has 0 aliphatic heterocycles. The second kappa shape index (κ2) is 6.10. The van der Waals surface area contributed by atoms with Gasteiger partial charge in [-0.15, -0.1) is 0 Å². The number of esters is 1. The number of nitrogens with two attached hydrogens (primary N) is 1. The first-order valence-electron chi connectivity index (χ1n) is 4.92. The summed E-state index contributed by atoms with van der Waals surface area (Å²) in [5.41, 5.74) is 6.63. The van der Waals surface area contributed by atoms with Gasteiger partial charge in [-0.05, 0) is 13.0 Å². The van der Waals surface area contributed by atoms with Gasteiger partial charge in [-0.3, -0.25) is 0 Å². The highest BCUT2D eigenvalue weighted by molar-refractivity contribution is 6.31. The van der Waals surface area contributed by atoms with Crippen LogP contribution in [-0.2, 0) is 9.47 Å². The zero-order valence-electron chi connectivity index (χ0n) is 9.57.